The summed E-state index contributed by atoms with van der Waals surface area (Å²) in [6.07, 6.45) is 7.45. The lowest BCUT2D eigenvalue weighted by Gasteiger charge is -2.25. The fourth-order valence-electron chi connectivity index (χ4n) is 4.11. The second-order valence-corrected chi connectivity index (χ2v) is 6.94. The zero-order chi connectivity index (χ0) is 17.4. The van der Waals surface area contributed by atoms with Crippen molar-refractivity contribution in [2.24, 2.45) is 5.41 Å². The number of hydrogen-bond acceptors (Lipinski definition) is 6. The number of nitriles is 1. The van der Waals surface area contributed by atoms with Crippen LogP contribution in [-0.4, -0.2) is 33.3 Å². The summed E-state index contributed by atoms with van der Waals surface area (Å²) >= 11 is 0. The van der Waals surface area contributed by atoms with E-state index < -0.39 is 11.2 Å². The van der Waals surface area contributed by atoms with Gasteiger partial charge in [0.15, 0.2) is 5.69 Å². The molecule has 128 valence electrons. The van der Waals surface area contributed by atoms with Crippen LogP contribution in [0.5, 0.6) is 0 Å². The predicted octanol–water partition coefficient (Wildman–Crippen LogP) is 1.16. The number of H-pyrrole nitrogens is 2. The molecule has 25 heavy (non-hydrogen) atoms. The second-order valence-electron chi connectivity index (χ2n) is 6.94. The van der Waals surface area contributed by atoms with E-state index in [1.807, 2.05) is 0 Å². The Kier molecular flexibility index (Phi) is 3.64. The number of aromatic amines is 2. The van der Waals surface area contributed by atoms with E-state index >= 15 is 0 Å². The molecule has 1 aliphatic heterocycles. The molecule has 0 radical (unpaired) electrons. The van der Waals surface area contributed by atoms with Crippen LogP contribution in [0.3, 0.4) is 0 Å². The number of nitrogens with zero attached hydrogens (tertiary/aromatic N) is 4. The van der Waals surface area contributed by atoms with Crippen molar-refractivity contribution in [3.05, 3.63) is 38.8 Å². The average Bonchev–Trinajstić information content (AvgIpc) is 3.25. The molecule has 1 spiro atoms. The van der Waals surface area contributed by atoms with Gasteiger partial charge in [-0.2, -0.15) is 5.26 Å². The smallest absolute Gasteiger partial charge is 0.325 e. The third-order valence-electron chi connectivity index (χ3n) is 5.42. The highest BCUT2D eigenvalue weighted by Gasteiger charge is 2.41. The molecule has 0 aromatic carbocycles. The van der Waals surface area contributed by atoms with Crippen LogP contribution in [0.1, 0.15) is 37.8 Å². The molecule has 4 rings (SSSR count). The van der Waals surface area contributed by atoms with Crippen molar-refractivity contribution >= 4 is 5.69 Å². The van der Waals surface area contributed by atoms with E-state index in [0.717, 1.165) is 19.5 Å². The summed E-state index contributed by atoms with van der Waals surface area (Å²) < 4.78 is 0. The Morgan fingerprint density at radius 1 is 1.20 bits per heavy atom. The van der Waals surface area contributed by atoms with Crippen molar-refractivity contribution in [1.82, 2.24) is 20.2 Å². The molecule has 1 aliphatic carbocycles. The minimum absolute atomic E-state index is 0.229. The zero-order valence-corrected chi connectivity index (χ0v) is 13.7. The fourth-order valence-corrected chi connectivity index (χ4v) is 4.11. The molecular weight excluding hydrogens is 320 g/mol. The quantitative estimate of drug-likeness (QED) is 0.848. The summed E-state index contributed by atoms with van der Waals surface area (Å²) in [6.45, 7) is 1.79. The highest BCUT2D eigenvalue weighted by molar-refractivity contribution is 5.66. The van der Waals surface area contributed by atoms with Crippen LogP contribution in [-0.2, 0) is 0 Å². The first-order valence-electron chi connectivity index (χ1n) is 8.45. The SMILES string of the molecule is N#Cc1nnc(-c2c[nH]c(=O)[nH]c2=O)cc1N1CCC2(CCCC2)C1. The highest BCUT2D eigenvalue weighted by Crippen LogP contribution is 2.46. The lowest BCUT2D eigenvalue weighted by atomic mass is 9.86. The van der Waals surface area contributed by atoms with Crippen molar-refractivity contribution in [3.8, 4) is 17.3 Å². The molecule has 2 aromatic rings. The van der Waals surface area contributed by atoms with E-state index in [0.29, 0.717) is 16.8 Å². The number of nitrogens with one attached hydrogen (secondary N) is 2. The Balaban J connectivity index is 1.73. The molecular formula is C17H18N6O2. The van der Waals surface area contributed by atoms with Crippen LogP contribution in [0.15, 0.2) is 21.9 Å². The maximum Gasteiger partial charge on any atom is 0.325 e. The number of rotatable bonds is 2. The minimum atomic E-state index is -0.571. The van der Waals surface area contributed by atoms with E-state index in [1.165, 1.54) is 31.9 Å². The van der Waals surface area contributed by atoms with Gasteiger partial charge in [0.05, 0.1) is 11.3 Å². The summed E-state index contributed by atoms with van der Waals surface area (Å²) in [5.74, 6) is 0. The molecule has 0 unspecified atom stereocenters. The van der Waals surface area contributed by atoms with Gasteiger partial charge in [-0.15, -0.1) is 10.2 Å². The van der Waals surface area contributed by atoms with Gasteiger partial charge < -0.3 is 9.88 Å². The zero-order valence-electron chi connectivity index (χ0n) is 13.7. The summed E-state index contributed by atoms with van der Waals surface area (Å²) in [5.41, 5.74) is 0.805. The molecule has 1 saturated heterocycles. The molecule has 2 aliphatic rings. The summed E-state index contributed by atoms with van der Waals surface area (Å²) in [4.78, 5) is 30.0. The van der Waals surface area contributed by atoms with E-state index in [2.05, 4.69) is 31.1 Å². The first-order valence-corrected chi connectivity index (χ1v) is 8.45. The summed E-state index contributed by atoms with van der Waals surface area (Å²) in [6, 6.07) is 3.82. The van der Waals surface area contributed by atoms with Gasteiger partial charge in [-0.3, -0.25) is 9.78 Å². The van der Waals surface area contributed by atoms with Gasteiger partial charge in [-0.25, -0.2) is 4.79 Å². The van der Waals surface area contributed by atoms with Crippen molar-refractivity contribution in [2.45, 2.75) is 32.1 Å². The third kappa shape index (κ3) is 2.71. The van der Waals surface area contributed by atoms with Crippen LogP contribution >= 0.6 is 0 Å². The predicted molar refractivity (Wildman–Crippen MR) is 91.2 cm³/mol. The third-order valence-corrected chi connectivity index (χ3v) is 5.42. The minimum Gasteiger partial charge on any atom is -0.368 e. The molecule has 2 aromatic heterocycles. The monoisotopic (exact) mass is 338 g/mol. The first-order chi connectivity index (χ1) is 12.1. The molecule has 2 N–H and O–H groups in total. The summed E-state index contributed by atoms with van der Waals surface area (Å²) in [5, 5.41) is 17.4. The van der Waals surface area contributed by atoms with E-state index in [-0.39, 0.29) is 11.3 Å². The average molecular weight is 338 g/mol. The maximum atomic E-state index is 12.0. The normalized spacial score (nSPS) is 18.6. The topological polar surface area (TPSA) is 119 Å². The standard InChI is InChI=1S/C17H18N6O2/c18-8-13-14(23-6-5-17(10-23)3-1-2-4-17)7-12(21-22-13)11-9-19-16(25)20-15(11)24/h7,9H,1-6,10H2,(H2,19,20,24,25). The summed E-state index contributed by atoms with van der Waals surface area (Å²) in [7, 11) is 0. The van der Waals surface area contributed by atoms with Gasteiger partial charge in [0.1, 0.15) is 11.8 Å². The Bertz CT molecular complexity index is 964. The molecule has 0 atom stereocenters. The van der Waals surface area contributed by atoms with Crippen LogP contribution in [0.25, 0.3) is 11.3 Å². The van der Waals surface area contributed by atoms with E-state index in [4.69, 9.17) is 0 Å². The first kappa shape index (κ1) is 15.6. The van der Waals surface area contributed by atoms with Crippen molar-refractivity contribution in [2.75, 3.05) is 18.0 Å². The van der Waals surface area contributed by atoms with Gasteiger partial charge in [0, 0.05) is 19.3 Å². The number of aromatic nitrogens is 4. The maximum absolute atomic E-state index is 12.0. The number of anilines is 1. The van der Waals surface area contributed by atoms with Gasteiger partial charge in [-0.1, -0.05) is 12.8 Å². The van der Waals surface area contributed by atoms with E-state index in [1.54, 1.807) is 6.07 Å². The molecule has 0 amide bonds. The van der Waals surface area contributed by atoms with Gasteiger partial charge in [-0.05, 0) is 30.7 Å². The molecule has 2 fully saturated rings. The molecule has 3 heterocycles. The lowest BCUT2D eigenvalue weighted by Crippen LogP contribution is -2.26. The molecule has 0 bridgehead atoms. The second kappa shape index (κ2) is 5.84. The Labute approximate surface area is 143 Å². The Morgan fingerprint density at radius 2 is 2.00 bits per heavy atom. The highest BCUT2D eigenvalue weighted by atomic mass is 16.2. The fraction of sp³-hybridized carbons (Fsp3) is 0.471. The lowest BCUT2D eigenvalue weighted by molar-refractivity contribution is 0.341. The Morgan fingerprint density at radius 3 is 2.72 bits per heavy atom. The van der Waals surface area contributed by atoms with E-state index in [9.17, 15) is 14.9 Å². The van der Waals surface area contributed by atoms with Crippen molar-refractivity contribution < 1.29 is 0 Å². The van der Waals surface area contributed by atoms with Crippen LogP contribution in [0.2, 0.25) is 0 Å². The van der Waals surface area contributed by atoms with Crippen LogP contribution < -0.4 is 16.1 Å². The van der Waals surface area contributed by atoms with Gasteiger partial charge >= 0.3 is 5.69 Å². The van der Waals surface area contributed by atoms with Crippen molar-refractivity contribution in [1.29, 1.82) is 5.26 Å². The van der Waals surface area contributed by atoms with Crippen molar-refractivity contribution in [3.63, 3.8) is 0 Å². The van der Waals surface area contributed by atoms with Crippen LogP contribution in [0.4, 0.5) is 5.69 Å². The molecule has 8 nitrogen and oxygen atoms in total. The Hall–Kier alpha value is -2.95. The molecule has 1 saturated carbocycles. The molecule has 8 heteroatoms. The largest absolute Gasteiger partial charge is 0.368 e. The van der Waals surface area contributed by atoms with Crippen LogP contribution in [0, 0.1) is 16.7 Å². The van der Waals surface area contributed by atoms with Gasteiger partial charge in [0.25, 0.3) is 5.56 Å². The number of hydrogen-bond donors (Lipinski definition) is 2. The van der Waals surface area contributed by atoms with Gasteiger partial charge in [0.2, 0.25) is 0 Å².